The first-order chi connectivity index (χ1) is 7.85. The summed E-state index contributed by atoms with van der Waals surface area (Å²) in [5.74, 6) is 0.612. The maximum Gasteiger partial charge on any atom is 0.126 e. The third-order valence-electron chi connectivity index (χ3n) is 2.39. The molecular formula is C13H20ClNO2. The van der Waals surface area contributed by atoms with Crippen LogP contribution in [0.3, 0.4) is 0 Å². The van der Waals surface area contributed by atoms with Crippen LogP contribution in [-0.2, 0) is 0 Å². The quantitative estimate of drug-likeness (QED) is 0.872. The van der Waals surface area contributed by atoms with Crippen LogP contribution in [0.1, 0.15) is 32.4 Å². The largest absolute Gasteiger partial charge is 0.496 e. The summed E-state index contributed by atoms with van der Waals surface area (Å²) >= 11 is 6.09. The molecular weight excluding hydrogens is 238 g/mol. The number of nitrogens with one attached hydrogen (secondary N) is 1. The number of ether oxygens (including phenoxy) is 1. The lowest BCUT2D eigenvalue weighted by Gasteiger charge is -2.24. The fourth-order valence-electron chi connectivity index (χ4n) is 1.52. The van der Waals surface area contributed by atoms with Gasteiger partial charge in [0.1, 0.15) is 5.75 Å². The van der Waals surface area contributed by atoms with Crippen molar-refractivity contribution in [3.05, 3.63) is 28.8 Å². The van der Waals surface area contributed by atoms with Gasteiger partial charge in [0.25, 0.3) is 0 Å². The van der Waals surface area contributed by atoms with Gasteiger partial charge in [0.15, 0.2) is 0 Å². The predicted molar refractivity (Wildman–Crippen MR) is 70.7 cm³/mol. The van der Waals surface area contributed by atoms with E-state index in [9.17, 15) is 5.11 Å². The minimum atomic E-state index is -0.683. The van der Waals surface area contributed by atoms with Gasteiger partial charge < -0.3 is 15.2 Å². The van der Waals surface area contributed by atoms with E-state index in [1.807, 2.05) is 20.8 Å². The molecule has 1 atom stereocenters. The molecule has 0 radical (unpaired) electrons. The zero-order chi connectivity index (χ0) is 13.1. The van der Waals surface area contributed by atoms with Crippen LogP contribution in [0.15, 0.2) is 18.2 Å². The SMILES string of the molecule is COc1cccc(Cl)c1C(O)CNC(C)(C)C. The van der Waals surface area contributed by atoms with Crippen LogP contribution in [0.4, 0.5) is 0 Å². The summed E-state index contributed by atoms with van der Waals surface area (Å²) in [6.45, 7) is 6.57. The second-order valence-corrected chi connectivity index (χ2v) is 5.41. The topological polar surface area (TPSA) is 41.5 Å². The van der Waals surface area contributed by atoms with Crippen molar-refractivity contribution >= 4 is 11.6 Å². The Morgan fingerprint density at radius 3 is 2.59 bits per heavy atom. The number of rotatable bonds is 4. The van der Waals surface area contributed by atoms with Crippen LogP contribution in [0.5, 0.6) is 5.75 Å². The van der Waals surface area contributed by atoms with E-state index >= 15 is 0 Å². The van der Waals surface area contributed by atoms with E-state index in [1.54, 1.807) is 25.3 Å². The zero-order valence-corrected chi connectivity index (χ0v) is 11.5. The van der Waals surface area contributed by atoms with E-state index in [4.69, 9.17) is 16.3 Å². The molecule has 0 aliphatic rings. The number of halogens is 1. The molecule has 1 aromatic rings. The molecule has 17 heavy (non-hydrogen) atoms. The summed E-state index contributed by atoms with van der Waals surface area (Å²) in [4.78, 5) is 0. The van der Waals surface area contributed by atoms with Gasteiger partial charge in [-0.2, -0.15) is 0 Å². The molecule has 0 fully saturated rings. The minimum absolute atomic E-state index is 0.0462. The van der Waals surface area contributed by atoms with Gasteiger partial charge in [-0.25, -0.2) is 0 Å². The molecule has 0 saturated heterocycles. The highest BCUT2D eigenvalue weighted by atomic mass is 35.5. The summed E-state index contributed by atoms with van der Waals surface area (Å²) in [7, 11) is 1.57. The summed E-state index contributed by atoms with van der Waals surface area (Å²) in [6, 6.07) is 5.34. The van der Waals surface area contributed by atoms with Gasteiger partial charge in [0.05, 0.1) is 18.2 Å². The minimum Gasteiger partial charge on any atom is -0.496 e. The highest BCUT2D eigenvalue weighted by Crippen LogP contribution is 2.31. The Morgan fingerprint density at radius 1 is 1.41 bits per heavy atom. The van der Waals surface area contributed by atoms with Gasteiger partial charge in [0.2, 0.25) is 0 Å². The number of β-amino-alcohol motifs (C(OH)–C–C–N with tert-alkyl or cyclic N) is 1. The van der Waals surface area contributed by atoms with Crippen molar-refractivity contribution in [2.24, 2.45) is 0 Å². The van der Waals surface area contributed by atoms with Crippen molar-refractivity contribution in [3.63, 3.8) is 0 Å². The first-order valence-electron chi connectivity index (χ1n) is 5.60. The number of aliphatic hydroxyl groups excluding tert-OH is 1. The molecule has 1 rings (SSSR count). The van der Waals surface area contributed by atoms with Gasteiger partial charge in [-0.1, -0.05) is 17.7 Å². The third kappa shape index (κ3) is 4.19. The van der Waals surface area contributed by atoms with Gasteiger partial charge in [0, 0.05) is 17.6 Å². The fourth-order valence-corrected chi connectivity index (χ4v) is 1.82. The van der Waals surface area contributed by atoms with E-state index in [0.717, 1.165) is 0 Å². The average Bonchev–Trinajstić information content (AvgIpc) is 2.24. The second kappa shape index (κ2) is 5.71. The Hall–Kier alpha value is -0.770. The fraction of sp³-hybridized carbons (Fsp3) is 0.538. The zero-order valence-electron chi connectivity index (χ0n) is 10.7. The average molecular weight is 258 g/mol. The Labute approximate surface area is 108 Å². The highest BCUT2D eigenvalue weighted by molar-refractivity contribution is 6.31. The van der Waals surface area contributed by atoms with E-state index in [0.29, 0.717) is 22.9 Å². The summed E-state index contributed by atoms with van der Waals surface area (Å²) in [5.41, 5.74) is 0.587. The van der Waals surface area contributed by atoms with Crippen molar-refractivity contribution in [2.75, 3.05) is 13.7 Å². The van der Waals surface area contributed by atoms with Crippen LogP contribution < -0.4 is 10.1 Å². The second-order valence-electron chi connectivity index (χ2n) is 5.00. The lowest BCUT2D eigenvalue weighted by Crippen LogP contribution is -2.38. The first-order valence-corrected chi connectivity index (χ1v) is 5.98. The summed E-state index contributed by atoms with van der Waals surface area (Å²) < 4.78 is 5.21. The maximum absolute atomic E-state index is 10.1. The van der Waals surface area contributed by atoms with Crippen LogP contribution >= 0.6 is 11.6 Å². The van der Waals surface area contributed by atoms with Crippen LogP contribution in [-0.4, -0.2) is 24.3 Å². The lowest BCUT2D eigenvalue weighted by atomic mass is 10.1. The number of hydrogen-bond donors (Lipinski definition) is 2. The molecule has 0 saturated carbocycles. The Kier molecular flexibility index (Phi) is 4.80. The van der Waals surface area contributed by atoms with E-state index in [2.05, 4.69) is 5.32 Å². The highest BCUT2D eigenvalue weighted by Gasteiger charge is 2.19. The molecule has 0 amide bonds. The van der Waals surface area contributed by atoms with Crippen molar-refractivity contribution in [1.29, 1.82) is 0 Å². The number of hydrogen-bond acceptors (Lipinski definition) is 3. The van der Waals surface area contributed by atoms with Gasteiger partial charge in [-0.15, -0.1) is 0 Å². The third-order valence-corrected chi connectivity index (χ3v) is 2.72. The number of benzene rings is 1. The van der Waals surface area contributed by atoms with Crippen molar-refractivity contribution in [2.45, 2.75) is 32.4 Å². The van der Waals surface area contributed by atoms with E-state index in [-0.39, 0.29) is 5.54 Å². The maximum atomic E-state index is 10.1. The molecule has 1 unspecified atom stereocenters. The van der Waals surface area contributed by atoms with Gasteiger partial charge >= 0.3 is 0 Å². The van der Waals surface area contributed by atoms with Crippen LogP contribution in [0, 0.1) is 0 Å². The number of methoxy groups -OCH3 is 1. The Morgan fingerprint density at radius 2 is 2.06 bits per heavy atom. The molecule has 2 N–H and O–H groups in total. The lowest BCUT2D eigenvalue weighted by molar-refractivity contribution is 0.159. The van der Waals surface area contributed by atoms with Crippen LogP contribution in [0.2, 0.25) is 5.02 Å². The first kappa shape index (κ1) is 14.3. The van der Waals surface area contributed by atoms with E-state index < -0.39 is 6.10 Å². The standard InChI is InChI=1S/C13H20ClNO2/c1-13(2,3)15-8-10(16)12-9(14)6-5-7-11(12)17-4/h5-7,10,15-16H,8H2,1-4H3. The van der Waals surface area contributed by atoms with Crippen molar-refractivity contribution < 1.29 is 9.84 Å². The predicted octanol–water partition coefficient (Wildman–Crippen LogP) is 2.77. The Balaban J connectivity index is 2.84. The molecule has 0 bridgehead atoms. The van der Waals surface area contributed by atoms with Gasteiger partial charge in [-0.05, 0) is 32.9 Å². The molecule has 0 aliphatic heterocycles. The summed E-state index contributed by atoms with van der Waals surface area (Å²) in [5, 5.41) is 13.9. The smallest absolute Gasteiger partial charge is 0.126 e. The summed E-state index contributed by atoms with van der Waals surface area (Å²) in [6.07, 6.45) is -0.683. The van der Waals surface area contributed by atoms with Crippen LogP contribution in [0.25, 0.3) is 0 Å². The van der Waals surface area contributed by atoms with Gasteiger partial charge in [-0.3, -0.25) is 0 Å². The molecule has 0 aromatic heterocycles. The molecule has 0 heterocycles. The monoisotopic (exact) mass is 257 g/mol. The molecule has 3 nitrogen and oxygen atoms in total. The van der Waals surface area contributed by atoms with Crippen molar-refractivity contribution in [1.82, 2.24) is 5.32 Å². The normalized spacial score (nSPS) is 13.5. The number of aliphatic hydroxyl groups is 1. The molecule has 96 valence electrons. The molecule has 0 spiro atoms. The Bertz CT molecular complexity index is 374. The van der Waals surface area contributed by atoms with Crippen molar-refractivity contribution in [3.8, 4) is 5.75 Å². The molecule has 0 aliphatic carbocycles. The molecule has 1 aromatic carbocycles. The van der Waals surface area contributed by atoms with E-state index in [1.165, 1.54) is 0 Å². The molecule has 4 heteroatoms.